The summed E-state index contributed by atoms with van der Waals surface area (Å²) in [6.07, 6.45) is 0. The summed E-state index contributed by atoms with van der Waals surface area (Å²) in [6, 6.07) is 20.6. The van der Waals surface area contributed by atoms with Crippen molar-refractivity contribution in [2.45, 2.75) is 13.2 Å². The minimum atomic E-state index is -0.256. The molecule has 5 nitrogen and oxygen atoms in total. The molecule has 1 aliphatic heterocycles. The Labute approximate surface area is 182 Å². The summed E-state index contributed by atoms with van der Waals surface area (Å²) < 4.78 is 29.8. The summed E-state index contributed by atoms with van der Waals surface area (Å²) in [5, 5.41) is 3.45. The zero-order valence-corrected chi connectivity index (χ0v) is 17.6. The van der Waals surface area contributed by atoms with Gasteiger partial charge in [0.25, 0.3) is 0 Å². The van der Waals surface area contributed by atoms with Gasteiger partial charge in [0.05, 0.1) is 20.3 Å². The predicted molar refractivity (Wildman–Crippen MR) is 121 cm³/mol. The fraction of sp³-hybridized carbons (Fsp3) is 0.280. The zero-order chi connectivity index (χ0) is 21.5. The summed E-state index contributed by atoms with van der Waals surface area (Å²) in [5.74, 6) is 1.07. The number of hydrogen-bond donors (Lipinski definition) is 1. The molecule has 1 N–H and O–H groups in total. The molecule has 1 heterocycles. The second-order valence-corrected chi connectivity index (χ2v) is 7.40. The SMILES string of the molecule is COc1cc(CNc2ccc(N3CCOCC3)cc2)ccc1OCc1ccc(F)cc1. The van der Waals surface area contributed by atoms with Crippen LogP contribution in [0.2, 0.25) is 0 Å². The lowest BCUT2D eigenvalue weighted by molar-refractivity contribution is 0.122. The van der Waals surface area contributed by atoms with E-state index in [0.717, 1.165) is 43.1 Å². The number of ether oxygens (including phenoxy) is 3. The van der Waals surface area contributed by atoms with Crippen LogP contribution >= 0.6 is 0 Å². The van der Waals surface area contributed by atoms with E-state index < -0.39 is 0 Å². The van der Waals surface area contributed by atoms with Crippen molar-refractivity contribution in [3.8, 4) is 11.5 Å². The van der Waals surface area contributed by atoms with Crippen molar-refractivity contribution < 1.29 is 18.6 Å². The first-order valence-electron chi connectivity index (χ1n) is 10.4. The van der Waals surface area contributed by atoms with E-state index in [2.05, 4.69) is 34.5 Å². The third-order valence-electron chi connectivity index (χ3n) is 5.28. The largest absolute Gasteiger partial charge is 0.493 e. The lowest BCUT2D eigenvalue weighted by Gasteiger charge is -2.28. The summed E-state index contributed by atoms with van der Waals surface area (Å²) in [4.78, 5) is 2.34. The van der Waals surface area contributed by atoms with Crippen LogP contribution < -0.4 is 19.7 Å². The zero-order valence-electron chi connectivity index (χ0n) is 17.6. The smallest absolute Gasteiger partial charge is 0.161 e. The number of rotatable bonds is 8. The molecule has 0 aliphatic carbocycles. The van der Waals surface area contributed by atoms with Gasteiger partial charge in [-0.2, -0.15) is 0 Å². The second-order valence-electron chi connectivity index (χ2n) is 7.40. The second kappa shape index (κ2) is 10.2. The molecule has 162 valence electrons. The van der Waals surface area contributed by atoms with Gasteiger partial charge >= 0.3 is 0 Å². The van der Waals surface area contributed by atoms with Gasteiger partial charge in [-0.3, -0.25) is 0 Å². The highest BCUT2D eigenvalue weighted by Crippen LogP contribution is 2.29. The van der Waals surface area contributed by atoms with Crippen molar-refractivity contribution in [1.82, 2.24) is 0 Å². The molecule has 0 amide bonds. The molecule has 0 spiro atoms. The van der Waals surface area contributed by atoms with Gasteiger partial charge in [0.1, 0.15) is 12.4 Å². The summed E-state index contributed by atoms with van der Waals surface area (Å²) >= 11 is 0. The van der Waals surface area contributed by atoms with E-state index in [-0.39, 0.29) is 5.82 Å². The molecule has 1 fully saturated rings. The van der Waals surface area contributed by atoms with E-state index in [0.29, 0.717) is 24.7 Å². The Morgan fingerprint density at radius 1 is 0.903 bits per heavy atom. The Bertz CT molecular complexity index is 971. The van der Waals surface area contributed by atoms with Crippen molar-refractivity contribution in [3.05, 3.63) is 83.7 Å². The maximum atomic E-state index is 13.0. The molecule has 0 aromatic heterocycles. The van der Waals surface area contributed by atoms with E-state index in [1.165, 1.54) is 17.8 Å². The highest BCUT2D eigenvalue weighted by atomic mass is 19.1. The molecular weight excluding hydrogens is 395 g/mol. The predicted octanol–water partition coefficient (Wildman–Crippen LogP) is 4.86. The molecule has 0 radical (unpaired) electrons. The van der Waals surface area contributed by atoms with Gasteiger partial charge in [0.2, 0.25) is 0 Å². The number of benzene rings is 3. The van der Waals surface area contributed by atoms with E-state index >= 15 is 0 Å². The Kier molecular flexibility index (Phi) is 6.89. The molecule has 0 saturated carbocycles. The fourth-order valence-corrected chi connectivity index (χ4v) is 3.50. The van der Waals surface area contributed by atoms with Crippen LogP contribution in [0.4, 0.5) is 15.8 Å². The number of morpholine rings is 1. The van der Waals surface area contributed by atoms with Crippen LogP contribution in [0.15, 0.2) is 66.7 Å². The summed E-state index contributed by atoms with van der Waals surface area (Å²) in [7, 11) is 1.63. The van der Waals surface area contributed by atoms with Crippen molar-refractivity contribution in [2.24, 2.45) is 0 Å². The molecule has 1 saturated heterocycles. The lowest BCUT2D eigenvalue weighted by atomic mass is 10.2. The molecule has 6 heteroatoms. The van der Waals surface area contributed by atoms with E-state index in [1.807, 2.05) is 18.2 Å². The monoisotopic (exact) mass is 422 g/mol. The molecule has 31 heavy (non-hydrogen) atoms. The van der Waals surface area contributed by atoms with Crippen molar-refractivity contribution in [2.75, 3.05) is 43.6 Å². The standard InChI is InChI=1S/C25H27FN2O3/c1-29-25-16-20(4-11-24(25)31-18-19-2-5-21(26)6-3-19)17-27-22-7-9-23(10-8-22)28-12-14-30-15-13-28/h2-11,16,27H,12-15,17-18H2,1H3. The highest BCUT2D eigenvalue weighted by Gasteiger charge is 2.11. The van der Waals surface area contributed by atoms with Crippen LogP contribution in [0.25, 0.3) is 0 Å². The quantitative estimate of drug-likeness (QED) is 0.562. The van der Waals surface area contributed by atoms with Crippen LogP contribution in [0.1, 0.15) is 11.1 Å². The fourth-order valence-electron chi connectivity index (χ4n) is 3.50. The number of nitrogens with zero attached hydrogens (tertiary/aromatic N) is 1. The van der Waals surface area contributed by atoms with E-state index in [1.54, 1.807) is 19.2 Å². The normalized spacial score (nSPS) is 13.7. The Hall–Kier alpha value is -3.25. The minimum absolute atomic E-state index is 0.256. The average Bonchev–Trinajstić information content (AvgIpc) is 2.83. The Morgan fingerprint density at radius 3 is 2.32 bits per heavy atom. The topological polar surface area (TPSA) is 43.0 Å². The minimum Gasteiger partial charge on any atom is -0.493 e. The molecule has 0 unspecified atom stereocenters. The van der Waals surface area contributed by atoms with Gasteiger partial charge in [-0.1, -0.05) is 18.2 Å². The van der Waals surface area contributed by atoms with Crippen LogP contribution in [0.3, 0.4) is 0 Å². The molecule has 1 aliphatic rings. The first kappa shape index (κ1) is 21.0. The van der Waals surface area contributed by atoms with Gasteiger partial charge in [-0.05, 0) is 59.7 Å². The Balaban J connectivity index is 1.33. The molecule has 0 atom stereocenters. The van der Waals surface area contributed by atoms with E-state index in [9.17, 15) is 4.39 Å². The number of anilines is 2. The van der Waals surface area contributed by atoms with Crippen LogP contribution in [-0.4, -0.2) is 33.4 Å². The van der Waals surface area contributed by atoms with Gasteiger partial charge in [-0.15, -0.1) is 0 Å². The van der Waals surface area contributed by atoms with Crippen LogP contribution in [0.5, 0.6) is 11.5 Å². The van der Waals surface area contributed by atoms with Gasteiger partial charge in [0.15, 0.2) is 11.5 Å². The third-order valence-corrected chi connectivity index (χ3v) is 5.28. The molecule has 0 bridgehead atoms. The van der Waals surface area contributed by atoms with Crippen molar-refractivity contribution in [1.29, 1.82) is 0 Å². The van der Waals surface area contributed by atoms with Gasteiger partial charge < -0.3 is 24.4 Å². The van der Waals surface area contributed by atoms with Crippen LogP contribution in [-0.2, 0) is 17.9 Å². The third kappa shape index (κ3) is 5.67. The molecule has 4 rings (SSSR count). The summed E-state index contributed by atoms with van der Waals surface area (Å²) in [5.41, 5.74) is 4.27. The first-order valence-corrected chi connectivity index (χ1v) is 10.4. The maximum Gasteiger partial charge on any atom is 0.161 e. The number of hydrogen-bond acceptors (Lipinski definition) is 5. The molecule has 3 aromatic rings. The number of nitrogens with one attached hydrogen (secondary N) is 1. The van der Waals surface area contributed by atoms with E-state index in [4.69, 9.17) is 14.2 Å². The van der Waals surface area contributed by atoms with Gasteiger partial charge in [-0.25, -0.2) is 4.39 Å². The van der Waals surface area contributed by atoms with Crippen LogP contribution in [0, 0.1) is 5.82 Å². The highest BCUT2D eigenvalue weighted by molar-refractivity contribution is 5.55. The lowest BCUT2D eigenvalue weighted by Crippen LogP contribution is -2.36. The number of methoxy groups -OCH3 is 1. The number of halogens is 1. The summed E-state index contributed by atoms with van der Waals surface area (Å²) in [6.45, 7) is 4.45. The first-order chi connectivity index (χ1) is 15.2. The molecule has 3 aromatic carbocycles. The maximum absolute atomic E-state index is 13.0. The van der Waals surface area contributed by atoms with Crippen molar-refractivity contribution >= 4 is 11.4 Å². The average molecular weight is 423 g/mol. The van der Waals surface area contributed by atoms with Crippen molar-refractivity contribution in [3.63, 3.8) is 0 Å². The molecular formula is C25H27FN2O3. The van der Waals surface area contributed by atoms with Gasteiger partial charge in [0, 0.05) is 31.0 Å². The Morgan fingerprint density at radius 2 is 1.61 bits per heavy atom.